The van der Waals surface area contributed by atoms with Gasteiger partial charge in [0.25, 0.3) is 6.17 Å². The maximum atomic E-state index is 10.7. The van der Waals surface area contributed by atoms with Crippen molar-refractivity contribution >= 4 is 28.2 Å². The average Bonchev–Trinajstić information content (AvgIpc) is 2.85. The van der Waals surface area contributed by atoms with Gasteiger partial charge in [-0.3, -0.25) is 5.01 Å². The molecule has 0 amide bonds. The van der Waals surface area contributed by atoms with Crippen molar-refractivity contribution in [2.75, 3.05) is 24.9 Å². The maximum Gasteiger partial charge on any atom is 0.271 e. The van der Waals surface area contributed by atoms with E-state index in [1.165, 1.54) is 0 Å². The third kappa shape index (κ3) is 5.19. The number of hydrogen-bond donors (Lipinski definition) is 0. The molecule has 124 valence electrons. The summed E-state index contributed by atoms with van der Waals surface area (Å²) in [5.41, 5.74) is 0.963. The smallest absolute Gasteiger partial charge is 0.271 e. The van der Waals surface area contributed by atoms with Crippen molar-refractivity contribution in [3.05, 3.63) is 42.7 Å². The molecule has 1 atom stereocenters. The Labute approximate surface area is 136 Å². The third-order valence-corrected chi connectivity index (χ3v) is 4.14. The van der Waals surface area contributed by atoms with Crippen LogP contribution in [0.2, 0.25) is 0 Å². The van der Waals surface area contributed by atoms with Gasteiger partial charge >= 0.3 is 0 Å². The van der Waals surface area contributed by atoms with Crippen LogP contribution in [-0.4, -0.2) is 60.9 Å². The standard InChI is InChI=1S/C15H20N4O3S/c1-17-10-11-19(9-6-12-23(20,21)22)15(17)13-16-18(2)14-7-4-3-5-8-14/h3-5,7-11,13,15H,6,12H2,1-2H3. The highest BCUT2D eigenvalue weighted by atomic mass is 32.2. The number of para-hydroxylation sites is 1. The molecule has 1 aromatic carbocycles. The molecule has 1 aromatic rings. The Bertz CT molecular complexity index is 713. The topological polar surface area (TPSA) is 79.0 Å². The second-order valence-electron chi connectivity index (χ2n) is 5.18. The first-order chi connectivity index (χ1) is 10.9. The molecule has 1 heterocycles. The summed E-state index contributed by atoms with van der Waals surface area (Å²) in [5.74, 6) is -0.408. The average molecular weight is 336 g/mol. The summed E-state index contributed by atoms with van der Waals surface area (Å²) in [5, 5.41) is 6.18. The van der Waals surface area contributed by atoms with E-state index in [-0.39, 0.29) is 12.6 Å². The Morgan fingerprint density at radius 1 is 1.39 bits per heavy atom. The van der Waals surface area contributed by atoms with Crippen molar-refractivity contribution in [2.24, 2.45) is 5.10 Å². The largest absolute Gasteiger partial charge is 0.748 e. The summed E-state index contributed by atoms with van der Waals surface area (Å²) >= 11 is 0. The lowest BCUT2D eigenvalue weighted by atomic mass is 10.3. The summed E-state index contributed by atoms with van der Waals surface area (Å²) in [7, 11) is -0.446. The Morgan fingerprint density at radius 2 is 2.09 bits per heavy atom. The molecule has 0 N–H and O–H groups in total. The first-order valence-electron chi connectivity index (χ1n) is 7.14. The molecule has 0 saturated carbocycles. The SMILES string of the molecule is CN(N=CC1N(C)C=C[N+]1=CCCS(=O)(=O)[O-])c1ccccc1. The second-order valence-corrected chi connectivity index (χ2v) is 6.70. The molecule has 0 saturated heterocycles. The van der Waals surface area contributed by atoms with E-state index in [4.69, 9.17) is 0 Å². The molecule has 1 unspecified atom stereocenters. The molecule has 1 aliphatic heterocycles. The first kappa shape index (κ1) is 17.2. The Balaban J connectivity index is 2.04. The number of hydrogen-bond acceptors (Lipinski definition) is 6. The van der Waals surface area contributed by atoms with Gasteiger partial charge in [0.15, 0.2) is 6.20 Å². The van der Waals surface area contributed by atoms with Gasteiger partial charge in [-0.05, 0) is 12.1 Å². The van der Waals surface area contributed by atoms with Crippen LogP contribution in [0.5, 0.6) is 0 Å². The lowest BCUT2D eigenvalue weighted by Gasteiger charge is -2.15. The van der Waals surface area contributed by atoms with Crippen molar-refractivity contribution < 1.29 is 17.5 Å². The molecule has 23 heavy (non-hydrogen) atoms. The van der Waals surface area contributed by atoms with Crippen molar-refractivity contribution in [3.63, 3.8) is 0 Å². The maximum absolute atomic E-state index is 10.7. The Morgan fingerprint density at radius 3 is 2.74 bits per heavy atom. The van der Waals surface area contributed by atoms with Crippen molar-refractivity contribution in [1.29, 1.82) is 0 Å². The zero-order valence-electron chi connectivity index (χ0n) is 13.1. The molecule has 1 aliphatic rings. The quantitative estimate of drug-likeness (QED) is 0.333. The molecular weight excluding hydrogens is 316 g/mol. The van der Waals surface area contributed by atoms with Crippen LogP contribution in [0.25, 0.3) is 0 Å². The molecule has 0 bridgehead atoms. The van der Waals surface area contributed by atoms with Crippen molar-refractivity contribution in [2.45, 2.75) is 12.6 Å². The molecule has 0 radical (unpaired) electrons. The predicted molar refractivity (Wildman–Crippen MR) is 89.5 cm³/mol. The van der Waals surface area contributed by atoms with Gasteiger partial charge in [0.1, 0.15) is 12.4 Å². The highest BCUT2D eigenvalue weighted by molar-refractivity contribution is 7.85. The molecule has 0 fully saturated rings. The van der Waals surface area contributed by atoms with E-state index in [0.717, 1.165) is 5.69 Å². The minimum atomic E-state index is -4.20. The van der Waals surface area contributed by atoms with Gasteiger partial charge in [-0.1, -0.05) is 18.2 Å². The van der Waals surface area contributed by atoms with Gasteiger partial charge < -0.3 is 9.45 Å². The van der Waals surface area contributed by atoms with Crippen LogP contribution in [0, 0.1) is 0 Å². The monoisotopic (exact) mass is 336 g/mol. The van der Waals surface area contributed by atoms with E-state index in [1.807, 2.05) is 66.3 Å². The van der Waals surface area contributed by atoms with E-state index < -0.39 is 15.9 Å². The number of rotatable bonds is 6. The molecule has 0 spiro atoms. The fourth-order valence-electron chi connectivity index (χ4n) is 2.14. The summed E-state index contributed by atoms with van der Waals surface area (Å²) in [6, 6.07) is 9.73. The number of nitrogens with zero attached hydrogens (tertiary/aromatic N) is 4. The van der Waals surface area contributed by atoms with Crippen LogP contribution in [0.1, 0.15) is 6.42 Å². The highest BCUT2D eigenvalue weighted by Crippen LogP contribution is 2.12. The van der Waals surface area contributed by atoms with Gasteiger partial charge in [0.2, 0.25) is 0 Å². The van der Waals surface area contributed by atoms with Gasteiger partial charge in [-0.2, -0.15) is 9.68 Å². The lowest BCUT2D eigenvalue weighted by molar-refractivity contribution is -0.483. The van der Waals surface area contributed by atoms with Gasteiger partial charge in [-0.25, -0.2) is 8.42 Å². The van der Waals surface area contributed by atoms with Crippen LogP contribution in [-0.2, 0) is 10.1 Å². The van der Waals surface area contributed by atoms with Gasteiger partial charge in [0, 0.05) is 26.3 Å². The molecule has 0 aliphatic carbocycles. The zero-order valence-corrected chi connectivity index (χ0v) is 13.9. The third-order valence-electron chi connectivity index (χ3n) is 3.41. The summed E-state index contributed by atoms with van der Waals surface area (Å²) in [6.45, 7) is 0. The number of hydrazone groups is 1. The fourth-order valence-corrected chi connectivity index (χ4v) is 2.53. The Kier molecular flexibility index (Phi) is 5.51. The molecule has 0 aromatic heterocycles. The minimum Gasteiger partial charge on any atom is -0.748 e. The van der Waals surface area contributed by atoms with Crippen LogP contribution in [0.4, 0.5) is 5.69 Å². The van der Waals surface area contributed by atoms with Crippen molar-refractivity contribution in [1.82, 2.24) is 4.90 Å². The van der Waals surface area contributed by atoms with Crippen LogP contribution in [0.15, 0.2) is 47.8 Å². The first-order valence-corrected chi connectivity index (χ1v) is 8.72. The molecule has 8 heteroatoms. The zero-order chi connectivity index (χ0) is 16.9. The molecule has 7 nitrogen and oxygen atoms in total. The minimum absolute atomic E-state index is 0.157. The van der Waals surface area contributed by atoms with E-state index in [2.05, 4.69) is 5.10 Å². The summed E-state index contributed by atoms with van der Waals surface area (Å²) in [6.07, 6.45) is 7.14. The Hall–Kier alpha value is -2.19. The van der Waals surface area contributed by atoms with E-state index in [1.54, 1.807) is 17.4 Å². The van der Waals surface area contributed by atoms with Gasteiger partial charge in [0.05, 0.1) is 22.0 Å². The fraction of sp³-hybridized carbons (Fsp3) is 0.333. The van der Waals surface area contributed by atoms with Gasteiger partial charge in [-0.15, -0.1) is 0 Å². The molecule has 2 rings (SSSR count). The van der Waals surface area contributed by atoms with Crippen LogP contribution in [0.3, 0.4) is 0 Å². The summed E-state index contributed by atoms with van der Waals surface area (Å²) in [4.78, 5) is 1.94. The lowest BCUT2D eigenvalue weighted by Crippen LogP contribution is -2.34. The number of benzene rings is 1. The van der Waals surface area contributed by atoms with E-state index >= 15 is 0 Å². The summed E-state index contributed by atoms with van der Waals surface area (Å²) < 4.78 is 33.8. The molecular formula is C15H20N4O3S. The number of anilines is 1. The van der Waals surface area contributed by atoms with Crippen LogP contribution < -0.4 is 5.01 Å². The highest BCUT2D eigenvalue weighted by Gasteiger charge is 2.26. The van der Waals surface area contributed by atoms with Crippen LogP contribution >= 0.6 is 0 Å². The predicted octanol–water partition coefficient (Wildman–Crippen LogP) is 0.870. The normalized spacial score (nSPS) is 19.9. The van der Waals surface area contributed by atoms with Crippen molar-refractivity contribution in [3.8, 4) is 0 Å². The second kappa shape index (κ2) is 7.38. The van der Waals surface area contributed by atoms with E-state index in [0.29, 0.717) is 0 Å². The van der Waals surface area contributed by atoms with E-state index in [9.17, 15) is 13.0 Å².